The van der Waals surface area contributed by atoms with Gasteiger partial charge in [-0.15, -0.1) is 0 Å². The molecule has 1 amide bonds. The van der Waals surface area contributed by atoms with Gasteiger partial charge in [0.1, 0.15) is 0 Å². The maximum absolute atomic E-state index is 12.0. The van der Waals surface area contributed by atoms with Crippen LogP contribution in [0.5, 0.6) is 0 Å². The highest BCUT2D eigenvalue weighted by Gasteiger charge is 2.55. The summed E-state index contributed by atoms with van der Waals surface area (Å²) in [6.45, 7) is 7.50. The van der Waals surface area contributed by atoms with Crippen LogP contribution in [0.25, 0.3) is 6.08 Å². The van der Waals surface area contributed by atoms with E-state index in [1.165, 1.54) is 16.8 Å². The standard InChI is InChI=1S/C23H27N3O/c1-16-5-3-6-17(2)23(16)26-14-20-19(21(20)15-26)10-12-25-22(27)9-8-18-7-4-11-24-13-18/h3-9,11,13,19-21H,10,12,14-15H2,1-2H3,(H,25,27)/b9-8+. The number of nitrogens with zero attached hydrogens (tertiary/aromatic N) is 2. The van der Waals surface area contributed by atoms with Gasteiger partial charge in [0.25, 0.3) is 0 Å². The second-order valence-electron chi connectivity index (χ2n) is 7.84. The molecule has 2 aliphatic rings. The number of para-hydroxylation sites is 1. The average Bonchev–Trinajstić information content (AvgIpc) is 3.10. The summed E-state index contributed by atoms with van der Waals surface area (Å²) in [4.78, 5) is 18.6. The number of carbonyl (C=O) groups is 1. The molecule has 4 nitrogen and oxygen atoms in total. The number of aromatic nitrogens is 1. The molecule has 1 aliphatic heterocycles. The van der Waals surface area contributed by atoms with E-state index in [0.29, 0.717) is 0 Å². The van der Waals surface area contributed by atoms with Gasteiger partial charge in [0.15, 0.2) is 0 Å². The Bertz CT molecular complexity index is 814. The van der Waals surface area contributed by atoms with Crippen molar-refractivity contribution in [2.75, 3.05) is 24.5 Å². The highest BCUT2D eigenvalue weighted by Crippen LogP contribution is 2.54. The molecule has 1 aromatic heterocycles. The van der Waals surface area contributed by atoms with Gasteiger partial charge in [0, 0.05) is 43.8 Å². The number of nitrogens with one attached hydrogen (secondary N) is 1. The van der Waals surface area contributed by atoms with Crippen LogP contribution in [0.15, 0.2) is 48.8 Å². The van der Waals surface area contributed by atoms with Crippen molar-refractivity contribution in [2.45, 2.75) is 20.3 Å². The van der Waals surface area contributed by atoms with Crippen molar-refractivity contribution in [1.82, 2.24) is 10.3 Å². The summed E-state index contributed by atoms with van der Waals surface area (Å²) in [5.74, 6) is 2.34. The zero-order valence-electron chi connectivity index (χ0n) is 16.1. The Kier molecular flexibility index (Phi) is 4.97. The third-order valence-corrected chi connectivity index (χ3v) is 6.02. The normalized spacial score (nSPS) is 23.5. The van der Waals surface area contributed by atoms with Crippen LogP contribution in [0.1, 0.15) is 23.1 Å². The number of rotatable bonds is 6. The molecule has 0 bridgehead atoms. The second-order valence-corrected chi connectivity index (χ2v) is 7.84. The SMILES string of the molecule is Cc1cccc(C)c1N1CC2C(CCNC(=O)/C=C/c3cccnc3)C2C1. The molecule has 2 heterocycles. The minimum atomic E-state index is -0.0261. The van der Waals surface area contributed by atoms with Gasteiger partial charge < -0.3 is 10.2 Å². The van der Waals surface area contributed by atoms with Gasteiger partial charge in [0.05, 0.1) is 0 Å². The lowest BCUT2D eigenvalue weighted by Gasteiger charge is -2.26. The first kappa shape index (κ1) is 17.8. The van der Waals surface area contributed by atoms with Gasteiger partial charge in [-0.25, -0.2) is 0 Å². The number of benzene rings is 1. The highest BCUT2D eigenvalue weighted by molar-refractivity contribution is 5.91. The number of anilines is 1. The van der Waals surface area contributed by atoms with Crippen LogP contribution in [0, 0.1) is 31.6 Å². The molecule has 140 valence electrons. The van der Waals surface area contributed by atoms with Crippen LogP contribution in [0.4, 0.5) is 5.69 Å². The number of hydrogen-bond donors (Lipinski definition) is 1. The summed E-state index contributed by atoms with van der Waals surface area (Å²) in [5.41, 5.74) is 5.12. The molecule has 4 rings (SSSR count). The van der Waals surface area contributed by atoms with E-state index in [0.717, 1.165) is 49.4 Å². The third-order valence-electron chi connectivity index (χ3n) is 6.02. The van der Waals surface area contributed by atoms with E-state index in [2.05, 4.69) is 47.2 Å². The zero-order chi connectivity index (χ0) is 18.8. The largest absolute Gasteiger partial charge is 0.371 e. The number of piperidine rings is 1. The van der Waals surface area contributed by atoms with Crippen molar-refractivity contribution in [1.29, 1.82) is 0 Å². The van der Waals surface area contributed by atoms with Crippen LogP contribution in [-0.4, -0.2) is 30.5 Å². The van der Waals surface area contributed by atoms with E-state index < -0.39 is 0 Å². The van der Waals surface area contributed by atoms with Gasteiger partial charge in [-0.1, -0.05) is 24.3 Å². The van der Waals surface area contributed by atoms with E-state index in [9.17, 15) is 4.79 Å². The molecule has 2 unspecified atom stereocenters. The van der Waals surface area contributed by atoms with E-state index in [1.54, 1.807) is 24.5 Å². The minimum absolute atomic E-state index is 0.0261. The maximum atomic E-state index is 12.0. The Morgan fingerprint density at radius 3 is 2.59 bits per heavy atom. The van der Waals surface area contributed by atoms with Crippen LogP contribution in [-0.2, 0) is 4.79 Å². The van der Waals surface area contributed by atoms with Crippen LogP contribution in [0.2, 0.25) is 0 Å². The van der Waals surface area contributed by atoms with Crippen molar-refractivity contribution in [3.05, 3.63) is 65.5 Å². The predicted octanol–water partition coefficient (Wildman–Crippen LogP) is 3.60. The molecule has 27 heavy (non-hydrogen) atoms. The Labute approximate surface area is 161 Å². The van der Waals surface area contributed by atoms with E-state index in [4.69, 9.17) is 0 Å². The summed E-state index contributed by atoms with van der Waals surface area (Å²) in [6.07, 6.45) is 7.95. The number of fused-ring (bicyclic) bond motifs is 1. The van der Waals surface area contributed by atoms with Gasteiger partial charge in [-0.3, -0.25) is 9.78 Å². The number of carbonyl (C=O) groups excluding carboxylic acids is 1. The van der Waals surface area contributed by atoms with Gasteiger partial charge in [-0.05, 0) is 66.9 Å². The summed E-state index contributed by atoms with van der Waals surface area (Å²) in [5, 5.41) is 3.01. The molecule has 4 heteroatoms. The van der Waals surface area contributed by atoms with Crippen molar-refractivity contribution in [3.63, 3.8) is 0 Å². The van der Waals surface area contributed by atoms with Crippen molar-refractivity contribution >= 4 is 17.7 Å². The maximum Gasteiger partial charge on any atom is 0.244 e. The summed E-state index contributed by atoms with van der Waals surface area (Å²) in [6, 6.07) is 10.4. The molecule has 1 aliphatic carbocycles. The molecule has 1 N–H and O–H groups in total. The molecular weight excluding hydrogens is 334 g/mol. The lowest BCUT2D eigenvalue weighted by atomic mass is 10.1. The summed E-state index contributed by atoms with van der Waals surface area (Å²) < 4.78 is 0. The number of aryl methyl sites for hydroxylation is 2. The molecule has 2 atom stereocenters. The second kappa shape index (κ2) is 7.55. The minimum Gasteiger partial charge on any atom is -0.371 e. The number of amides is 1. The van der Waals surface area contributed by atoms with Crippen molar-refractivity contribution in [3.8, 4) is 0 Å². The molecule has 2 aromatic rings. The predicted molar refractivity (Wildman–Crippen MR) is 109 cm³/mol. The quantitative estimate of drug-likeness (QED) is 0.800. The monoisotopic (exact) mass is 361 g/mol. The fraction of sp³-hybridized carbons (Fsp3) is 0.391. The number of hydrogen-bond acceptors (Lipinski definition) is 3. The number of pyridine rings is 1. The zero-order valence-corrected chi connectivity index (χ0v) is 16.1. The van der Waals surface area contributed by atoms with Crippen LogP contribution in [0.3, 0.4) is 0 Å². The topological polar surface area (TPSA) is 45.2 Å². The summed E-state index contributed by atoms with van der Waals surface area (Å²) >= 11 is 0. The van der Waals surface area contributed by atoms with Crippen molar-refractivity contribution in [2.24, 2.45) is 17.8 Å². The third kappa shape index (κ3) is 3.90. The highest BCUT2D eigenvalue weighted by atomic mass is 16.1. The smallest absolute Gasteiger partial charge is 0.244 e. The van der Waals surface area contributed by atoms with Crippen molar-refractivity contribution < 1.29 is 4.79 Å². The summed E-state index contributed by atoms with van der Waals surface area (Å²) in [7, 11) is 0. The first-order chi connectivity index (χ1) is 13.1. The molecule has 1 aromatic carbocycles. The van der Waals surface area contributed by atoms with E-state index >= 15 is 0 Å². The first-order valence-electron chi connectivity index (χ1n) is 9.80. The molecule has 0 radical (unpaired) electrons. The molecule has 1 saturated carbocycles. The van der Waals surface area contributed by atoms with Crippen LogP contribution < -0.4 is 10.2 Å². The Morgan fingerprint density at radius 2 is 1.93 bits per heavy atom. The molecule has 1 saturated heterocycles. The lowest BCUT2D eigenvalue weighted by molar-refractivity contribution is -0.116. The fourth-order valence-corrected chi connectivity index (χ4v) is 4.63. The Balaban J connectivity index is 1.21. The fourth-order valence-electron chi connectivity index (χ4n) is 4.63. The van der Waals surface area contributed by atoms with Crippen LogP contribution >= 0.6 is 0 Å². The van der Waals surface area contributed by atoms with E-state index in [1.807, 2.05) is 12.1 Å². The van der Waals surface area contributed by atoms with Gasteiger partial charge >= 0.3 is 0 Å². The molecular formula is C23H27N3O. The van der Waals surface area contributed by atoms with Gasteiger partial charge in [-0.2, -0.15) is 0 Å². The van der Waals surface area contributed by atoms with Gasteiger partial charge in [0.2, 0.25) is 5.91 Å². The lowest BCUT2D eigenvalue weighted by Crippen LogP contribution is -2.27. The average molecular weight is 361 g/mol. The Hall–Kier alpha value is -2.62. The molecule has 2 fully saturated rings. The van der Waals surface area contributed by atoms with E-state index in [-0.39, 0.29) is 5.91 Å². The Morgan fingerprint density at radius 1 is 1.19 bits per heavy atom. The first-order valence-corrected chi connectivity index (χ1v) is 9.80. The molecule has 0 spiro atoms.